The second kappa shape index (κ2) is 7.72. The van der Waals surface area contributed by atoms with E-state index in [1.165, 1.54) is 5.56 Å². The van der Waals surface area contributed by atoms with Gasteiger partial charge in [0.2, 0.25) is 0 Å². The molecule has 0 bridgehead atoms. The molecule has 2 nitrogen and oxygen atoms in total. The van der Waals surface area contributed by atoms with Crippen molar-refractivity contribution >= 4 is 0 Å². The Hall–Kier alpha value is -1.54. The van der Waals surface area contributed by atoms with E-state index in [0.717, 1.165) is 17.8 Å². The van der Waals surface area contributed by atoms with Gasteiger partial charge in [-0.05, 0) is 38.0 Å². The van der Waals surface area contributed by atoms with Crippen molar-refractivity contribution in [2.24, 2.45) is 0 Å². The molecular weight excluding hydrogens is 224 g/mol. The second-order valence-corrected chi connectivity index (χ2v) is 4.29. The molecule has 0 unspecified atom stereocenters. The Kier molecular flexibility index (Phi) is 6.23. The molecule has 0 heterocycles. The van der Waals surface area contributed by atoms with Gasteiger partial charge in [-0.1, -0.05) is 36.4 Å². The van der Waals surface area contributed by atoms with Crippen molar-refractivity contribution in [3.05, 3.63) is 59.4 Å². The van der Waals surface area contributed by atoms with E-state index in [1.807, 2.05) is 38.1 Å². The summed E-state index contributed by atoms with van der Waals surface area (Å²) in [6, 6.07) is 10.3. The van der Waals surface area contributed by atoms with Crippen LogP contribution < -0.4 is 0 Å². The Morgan fingerprint density at radius 1 is 1.22 bits per heavy atom. The van der Waals surface area contributed by atoms with Crippen LogP contribution in [0.2, 0.25) is 0 Å². The summed E-state index contributed by atoms with van der Waals surface area (Å²) in [7, 11) is 0. The summed E-state index contributed by atoms with van der Waals surface area (Å²) in [5.41, 5.74) is 2.40. The van der Waals surface area contributed by atoms with Crippen LogP contribution in [0.5, 0.6) is 0 Å². The van der Waals surface area contributed by atoms with Gasteiger partial charge in [-0.15, -0.1) is 0 Å². The van der Waals surface area contributed by atoms with Crippen LogP contribution in [-0.4, -0.2) is 17.8 Å². The van der Waals surface area contributed by atoms with E-state index in [4.69, 9.17) is 4.74 Å². The van der Waals surface area contributed by atoms with E-state index in [9.17, 15) is 5.11 Å². The smallest absolute Gasteiger partial charge is 0.118 e. The van der Waals surface area contributed by atoms with E-state index < -0.39 is 6.10 Å². The van der Waals surface area contributed by atoms with Gasteiger partial charge in [0.15, 0.2) is 0 Å². The first-order valence-corrected chi connectivity index (χ1v) is 6.34. The standard InChI is InChI=1S/C16H22O2/c1-4-15(11-14-9-7-6-8-10-14)16(5-2)18-12-13(3)17/h4-10,13,17H,11-12H2,1-3H3/b15-4-,16-5+/t13-/m0/s1. The Morgan fingerprint density at radius 3 is 2.39 bits per heavy atom. The van der Waals surface area contributed by atoms with Crippen molar-refractivity contribution < 1.29 is 9.84 Å². The fraction of sp³-hybridized carbons (Fsp3) is 0.375. The Morgan fingerprint density at radius 2 is 1.89 bits per heavy atom. The van der Waals surface area contributed by atoms with Gasteiger partial charge < -0.3 is 9.84 Å². The number of hydrogen-bond acceptors (Lipinski definition) is 2. The molecule has 0 aromatic heterocycles. The van der Waals surface area contributed by atoms with Crippen molar-refractivity contribution in [2.45, 2.75) is 33.3 Å². The van der Waals surface area contributed by atoms with Crippen molar-refractivity contribution in [3.63, 3.8) is 0 Å². The van der Waals surface area contributed by atoms with E-state index in [1.54, 1.807) is 6.92 Å². The Balaban J connectivity index is 2.71. The summed E-state index contributed by atoms with van der Waals surface area (Å²) in [6.07, 6.45) is 4.40. The van der Waals surface area contributed by atoms with Crippen molar-refractivity contribution in [2.75, 3.05) is 6.61 Å². The molecule has 2 heteroatoms. The average Bonchev–Trinajstić information content (AvgIpc) is 2.38. The molecule has 1 aromatic rings. The van der Waals surface area contributed by atoms with Crippen LogP contribution in [0, 0.1) is 0 Å². The molecule has 0 aliphatic heterocycles. The van der Waals surface area contributed by atoms with Crippen LogP contribution in [0.3, 0.4) is 0 Å². The van der Waals surface area contributed by atoms with Crippen molar-refractivity contribution in [3.8, 4) is 0 Å². The highest BCUT2D eigenvalue weighted by molar-refractivity contribution is 5.32. The minimum absolute atomic E-state index is 0.325. The Bertz CT molecular complexity index is 402. The number of aliphatic hydroxyl groups is 1. The molecule has 0 aliphatic rings. The van der Waals surface area contributed by atoms with E-state index in [0.29, 0.717) is 6.61 Å². The second-order valence-electron chi connectivity index (χ2n) is 4.29. The maximum Gasteiger partial charge on any atom is 0.118 e. The molecule has 0 amide bonds. The van der Waals surface area contributed by atoms with Gasteiger partial charge in [-0.2, -0.15) is 0 Å². The summed E-state index contributed by atoms with van der Waals surface area (Å²) < 4.78 is 5.62. The van der Waals surface area contributed by atoms with Crippen LogP contribution in [-0.2, 0) is 11.2 Å². The summed E-state index contributed by atoms with van der Waals surface area (Å²) in [5, 5.41) is 9.27. The number of aliphatic hydroxyl groups excluding tert-OH is 1. The molecule has 0 radical (unpaired) electrons. The molecule has 0 fully saturated rings. The van der Waals surface area contributed by atoms with Crippen LogP contribution in [0.1, 0.15) is 26.3 Å². The summed E-state index contributed by atoms with van der Waals surface area (Å²) in [4.78, 5) is 0. The first kappa shape index (κ1) is 14.5. The van der Waals surface area contributed by atoms with Crippen LogP contribution in [0.15, 0.2) is 53.8 Å². The molecule has 0 saturated heterocycles. The molecule has 0 spiro atoms. The van der Waals surface area contributed by atoms with Gasteiger partial charge >= 0.3 is 0 Å². The number of allylic oxidation sites excluding steroid dienone is 3. The number of ether oxygens (including phenoxy) is 1. The third kappa shape index (κ3) is 4.76. The zero-order valence-corrected chi connectivity index (χ0v) is 11.4. The fourth-order valence-corrected chi connectivity index (χ4v) is 1.72. The normalized spacial score (nSPS) is 14.4. The maximum absolute atomic E-state index is 9.27. The van der Waals surface area contributed by atoms with E-state index in [-0.39, 0.29) is 0 Å². The largest absolute Gasteiger partial charge is 0.491 e. The molecule has 1 rings (SSSR count). The lowest BCUT2D eigenvalue weighted by atomic mass is 10.0. The number of rotatable bonds is 6. The van der Waals surface area contributed by atoms with Crippen LogP contribution in [0.4, 0.5) is 0 Å². The van der Waals surface area contributed by atoms with Crippen LogP contribution >= 0.6 is 0 Å². The third-order valence-corrected chi connectivity index (χ3v) is 2.64. The highest BCUT2D eigenvalue weighted by atomic mass is 16.5. The summed E-state index contributed by atoms with van der Waals surface area (Å²) in [5.74, 6) is 0.849. The zero-order valence-electron chi connectivity index (χ0n) is 11.4. The van der Waals surface area contributed by atoms with Crippen molar-refractivity contribution in [1.29, 1.82) is 0 Å². The molecule has 1 N–H and O–H groups in total. The first-order chi connectivity index (χ1) is 8.67. The highest BCUT2D eigenvalue weighted by Gasteiger charge is 2.07. The Labute approximate surface area is 110 Å². The predicted octanol–water partition coefficient (Wildman–Crippen LogP) is 3.48. The number of hydrogen-bond donors (Lipinski definition) is 1. The lowest BCUT2D eigenvalue weighted by Gasteiger charge is -2.15. The van der Waals surface area contributed by atoms with E-state index in [2.05, 4.69) is 18.2 Å². The van der Waals surface area contributed by atoms with E-state index >= 15 is 0 Å². The third-order valence-electron chi connectivity index (χ3n) is 2.64. The maximum atomic E-state index is 9.27. The molecule has 0 aliphatic carbocycles. The quantitative estimate of drug-likeness (QED) is 0.615. The summed E-state index contributed by atoms with van der Waals surface area (Å²) >= 11 is 0. The molecule has 1 aromatic carbocycles. The molecule has 98 valence electrons. The highest BCUT2D eigenvalue weighted by Crippen LogP contribution is 2.17. The SMILES string of the molecule is C/C=C(Cc1ccccc1)\C(=C/C)OC[C@H](C)O. The minimum Gasteiger partial charge on any atom is -0.491 e. The summed E-state index contributed by atoms with van der Waals surface area (Å²) in [6.45, 7) is 6.00. The molecule has 18 heavy (non-hydrogen) atoms. The predicted molar refractivity (Wildman–Crippen MR) is 75.3 cm³/mol. The monoisotopic (exact) mass is 246 g/mol. The lowest BCUT2D eigenvalue weighted by Crippen LogP contribution is -2.11. The first-order valence-electron chi connectivity index (χ1n) is 6.34. The van der Waals surface area contributed by atoms with Gasteiger partial charge in [0.1, 0.15) is 12.4 Å². The zero-order chi connectivity index (χ0) is 13.4. The molecular formula is C16H22O2. The fourth-order valence-electron chi connectivity index (χ4n) is 1.72. The topological polar surface area (TPSA) is 29.5 Å². The van der Waals surface area contributed by atoms with Gasteiger partial charge in [0.05, 0.1) is 6.10 Å². The van der Waals surface area contributed by atoms with Gasteiger partial charge in [-0.3, -0.25) is 0 Å². The average molecular weight is 246 g/mol. The van der Waals surface area contributed by atoms with Gasteiger partial charge in [-0.25, -0.2) is 0 Å². The van der Waals surface area contributed by atoms with Gasteiger partial charge in [0, 0.05) is 6.42 Å². The van der Waals surface area contributed by atoms with Crippen LogP contribution in [0.25, 0.3) is 0 Å². The number of benzene rings is 1. The minimum atomic E-state index is -0.449. The molecule has 1 atom stereocenters. The van der Waals surface area contributed by atoms with Crippen molar-refractivity contribution in [1.82, 2.24) is 0 Å². The van der Waals surface area contributed by atoms with Gasteiger partial charge in [0.25, 0.3) is 0 Å². The lowest BCUT2D eigenvalue weighted by molar-refractivity contribution is 0.0862. The molecule has 0 saturated carbocycles.